The Morgan fingerprint density at radius 1 is 0.943 bits per heavy atom. The molecule has 0 atom stereocenters. The number of fused-ring (bicyclic) bond motifs is 4. The van der Waals surface area contributed by atoms with E-state index >= 15 is 0 Å². The third kappa shape index (κ3) is 3.97. The lowest BCUT2D eigenvalue weighted by Gasteiger charge is -2.27. The summed E-state index contributed by atoms with van der Waals surface area (Å²) in [4.78, 5) is 27.0. The number of hydrogen-bond acceptors (Lipinski definition) is 5. The Morgan fingerprint density at radius 3 is 2.51 bits per heavy atom. The normalized spacial score (nSPS) is 14.1. The van der Waals surface area contributed by atoms with E-state index in [2.05, 4.69) is 22.3 Å². The average molecular weight is 503 g/mol. The van der Waals surface area contributed by atoms with Gasteiger partial charge in [-0.05, 0) is 43.5 Å². The molecule has 1 fully saturated rings. The first-order valence-corrected chi connectivity index (χ1v) is 13.1. The van der Waals surface area contributed by atoms with Crippen LogP contribution in [-0.4, -0.2) is 24.9 Å². The second-order valence-corrected chi connectivity index (χ2v) is 10.2. The highest BCUT2D eigenvalue weighted by Crippen LogP contribution is 2.42. The molecule has 3 aromatic carbocycles. The molecule has 0 spiro atoms. The number of alkyl halides is 1. The predicted octanol–water partition coefficient (Wildman–Crippen LogP) is 7.00. The quantitative estimate of drug-likeness (QED) is 0.269. The third-order valence-electron chi connectivity index (χ3n) is 6.60. The highest BCUT2D eigenvalue weighted by atomic mass is 35.5. The first-order chi connectivity index (χ1) is 17.1. The van der Waals surface area contributed by atoms with Crippen LogP contribution in [0.4, 0.5) is 11.6 Å². The molecule has 0 saturated carbocycles. The smallest absolute Gasteiger partial charge is 0.239 e. The summed E-state index contributed by atoms with van der Waals surface area (Å²) in [6.45, 7) is 1.82. The Labute approximate surface area is 210 Å². The molecule has 1 aliphatic rings. The Hall–Kier alpha value is -3.35. The summed E-state index contributed by atoms with van der Waals surface area (Å²) in [6.07, 6.45) is 3.43. The summed E-state index contributed by atoms with van der Waals surface area (Å²) in [7, 11) is 0. The molecule has 3 heterocycles. The lowest BCUT2D eigenvalue weighted by atomic mass is 10.0. The van der Waals surface area contributed by atoms with Gasteiger partial charge in [-0.25, -0.2) is 0 Å². The van der Waals surface area contributed by atoms with Gasteiger partial charge in [-0.15, -0.1) is 22.9 Å². The Morgan fingerprint density at radius 2 is 1.71 bits per heavy atom. The molecule has 1 aliphatic heterocycles. The van der Waals surface area contributed by atoms with Gasteiger partial charge in [0, 0.05) is 56.1 Å². The predicted molar refractivity (Wildman–Crippen MR) is 146 cm³/mol. The molecule has 5 aromatic rings. The van der Waals surface area contributed by atoms with Gasteiger partial charge < -0.3 is 14.6 Å². The van der Waals surface area contributed by atoms with Crippen molar-refractivity contribution in [2.24, 2.45) is 0 Å². The Bertz CT molecular complexity index is 1650. The molecular formula is C28H23ClN2O3S. The molecule has 7 heteroatoms. The second-order valence-electron chi connectivity index (χ2n) is 8.86. The first kappa shape index (κ1) is 22.1. The number of para-hydroxylation sites is 1. The lowest BCUT2D eigenvalue weighted by Crippen LogP contribution is -2.30. The molecule has 35 heavy (non-hydrogen) atoms. The highest BCUT2D eigenvalue weighted by molar-refractivity contribution is 7.26. The molecule has 0 aliphatic carbocycles. The van der Waals surface area contributed by atoms with Gasteiger partial charge in [-0.1, -0.05) is 30.3 Å². The minimum Gasteiger partial charge on any atom is -0.440 e. The van der Waals surface area contributed by atoms with Crippen LogP contribution in [0.25, 0.3) is 42.3 Å². The number of anilines is 2. The number of carbonyl (C=O) groups excluding carboxylic acids is 1. The van der Waals surface area contributed by atoms with Gasteiger partial charge in [0.2, 0.25) is 5.91 Å². The third-order valence-corrected chi connectivity index (χ3v) is 8.06. The molecule has 6 rings (SSSR count). The fraction of sp³-hybridized carbons (Fsp3) is 0.214. The zero-order valence-corrected chi connectivity index (χ0v) is 20.5. The number of hydrogen-bond donors (Lipinski definition) is 1. The van der Waals surface area contributed by atoms with Crippen LogP contribution in [0.15, 0.2) is 69.9 Å². The molecule has 0 radical (unpaired) electrons. The standard InChI is InChI=1S/C28H23ClN2O3S/c29-16-25(33)30-17-10-11-24-22(14-17)20-8-5-7-19(28(20)35-24)18-6-4-9-21-23(32)15-26(34-27(18)21)31-12-2-1-3-13-31/h4-11,14-15H,1-3,12-13,16H2,(H,30,33). The molecular weight excluding hydrogens is 480 g/mol. The van der Waals surface area contributed by atoms with E-state index in [1.54, 1.807) is 17.4 Å². The fourth-order valence-corrected chi connectivity index (χ4v) is 6.21. The summed E-state index contributed by atoms with van der Waals surface area (Å²) in [6, 6.07) is 19.5. The van der Waals surface area contributed by atoms with E-state index in [9.17, 15) is 9.59 Å². The first-order valence-electron chi connectivity index (χ1n) is 11.8. The van der Waals surface area contributed by atoms with E-state index in [0.29, 0.717) is 16.9 Å². The van der Waals surface area contributed by atoms with Crippen molar-refractivity contribution in [3.05, 3.63) is 70.9 Å². The van der Waals surface area contributed by atoms with Crippen molar-refractivity contribution in [1.82, 2.24) is 0 Å². The van der Waals surface area contributed by atoms with Crippen molar-refractivity contribution in [1.29, 1.82) is 0 Å². The lowest BCUT2D eigenvalue weighted by molar-refractivity contribution is -0.113. The number of carbonyl (C=O) groups is 1. The van der Waals surface area contributed by atoms with Crippen LogP contribution in [0.3, 0.4) is 0 Å². The van der Waals surface area contributed by atoms with Crippen molar-refractivity contribution in [3.63, 3.8) is 0 Å². The highest BCUT2D eigenvalue weighted by Gasteiger charge is 2.19. The molecule has 176 valence electrons. The minimum atomic E-state index is -0.235. The van der Waals surface area contributed by atoms with Gasteiger partial charge >= 0.3 is 0 Å². The van der Waals surface area contributed by atoms with Gasteiger partial charge in [-0.3, -0.25) is 9.59 Å². The van der Waals surface area contributed by atoms with Gasteiger partial charge in [0.1, 0.15) is 11.5 Å². The zero-order chi connectivity index (χ0) is 23.9. The SMILES string of the molecule is O=C(CCl)Nc1ccc2sc3c(-c4cccc5c(=O)cc(N6CCCCC6)oc45)cccc3c2c1. The van der Waals surface area contributed by atoms with Gasteiger partial charge in [0.05, 0.1) is 5.39 Å². The minimum absolute atomic E-state index is 0.0168. The topological polar surface area (TPSA) is 62.6 Å². The van der Waals surface area contributed by atoms with E-state index < -0.39 is 0 Å². The average Bonchev–Trinajstić information content (AvgIpc) is 3.27. The fourth-order valence-electron chi connectivity index (χ4n) is 4.93. The number of amides is 1. The van der Waals surface area contributed by atoms with Gasteiger partial charge in [0.25, 0.3) is 0 Å². The van der Waals surface area contributed by atoms with Crippen LogP contribution in [0.2, 0.25) is 0 Å². The monoisotopic (exact) mass is 502 g/mol. The van der Waals surface area contributed by atoms with Gasteiger partial charge in [-0.2, -0.15) is 0 Å². The number of nitrogens with zero attached hydrogens (tertiary/aromatic N) is 1. The Kier molecular flexibility index (Phi) is 5.71. The number of thiophene rings is 1. The maximum atomic E-state index is 13.1. The maximum absolute atomic E-state index is 13.1. The van der Waals surface area contributed by atoms with E-state index in [1.165, 1.54) is 6.42 Å². The van der Waals surface area contributed by atoms with Gasteiger partial charge in [0.15, 0.2) is 11.3 Å². The summed E-state index contributed by atoms with van der Waals surface area (Å²) >= 11 is 7.35. The molecule has 0 bridgehead atoms. The largest absolute Gasteiger partial charge is 0.440 e. The van der Waals surface area contributed by atoms with E-state index in [1.807, 2.05) is 42.5 Å². The van der Waals surface area contributed by atoms with Crippen LogP contribution in [0, 0.1) is 0 Å². The molecule has 1 amide bonds. The van der Waals surface area contributed by atoms with Crippen molar-refractivity contribution < 1.29 is 9.21 Å². The number of rotatable bonds is 4. The van der Waals surface area contributed by atoms with Crippen molar-refractivity contribution in [2.45, 2.75) is 19.3 Å². The summed E-state index contributed by atoms with van der Waals surface area (Å²) in [5.41, 5.74) is 3.26. The summed E-state index contributed by atoms with van der Waals surface area (Å²) < 4.78 is 8.67. The van der Waals surface area contributed by atoms with Crippen molar-refractivity contribution in [3.8, 4) is 11.1 Å². The number of halogens is 1. The van der Waals surface area contributed by atoms with Crippen molar-refractivity contribution >= 4 is 71.6 Å². The number of piperidine rings is 1. The molecule has 2 aromatic heterocycles. The van der Waals surface area contributed by atoms with E-state index in [-0.39, 0.29) is 17.2 Å². The van der Waals surface area contributed by atoms with Crippen LogP contribution >= 0.6 is 22.9 Å². The summed E-state index contributed by atoms with van der Waals surface area (Å²) in [5.74, 6) is 0.331. The van der Waals surface area contributed by atoms with E-state index in [0.717, 1.165) is 62.9 Å². The van der Waals surface area contributed by atoms with Crippen LogP contribution in [0.1, 0.15) is 19.3 Å². The molecule has 0 unspecified atom stereocenters. The second kappa shape index (κ2) is 9.02. The van der Waals surface area contributed by atoms with Crippen LogP contribution in [0.5, 0.6) is 0 Å². The van der Waals surface area contributed by atoms with Crippen LogP contribution in [-0.2, 0) is 4.79 Å². The maximum Gasteiger partial charge on any atom is 0.239 e. The molecule has 1 N–H and O–H groups in total. The summed E-state index contributed by atoms with van der Waals surface area (Å²) in [5, 5.41) is 5.58. The van der Waals surface area contributed by atoms with E-state index in [4.69, 9.17) is 16.0 Å². The molecule has 5 nitrogen and oxygen atoms in total. The molecule has 1 saturated heterocycles. The zero-order valence-electron chi connectivity index (χ0n) is 19.0. The van der Waals surface area contributed by atoms with Crippen molar-refractivity contribution in [2.75, 3.05) is 29.2 Å². The van der Waals surface area contributed by atoms with Crippen LogP contribution < -0.4 is 15.6 Å². The Balaban J connectivity index is 1.54. The number of nitrogens with one attached hydrogen (secondary N) is 1. The number of benzene rings is 3.